The number of nitrogen functional groups attached to an aromatic ring is 1. The Morgan fingerprint density at radius 3 is 2.71 bits per heavy atom. The van der Waals surface area contributed by atoms with E-state index in [1.54, 1.807) is 18.5 Å². The predicted molar refractivity (Wildman–Crippen MR) is 124 cm³/mol. The maximum atomic E-state index is 13.3. The molecule has 0 radical (unpaired) electrons. The Kier molecular flexibility index (Phi) is 6.94. The van der Waals surface area contributed by atoms with E-state index in [-0.39, 0.29) is 30.3 Å². The van der Waals surface area contributed by atoms with Crippen molar-refractivity contribution in [3.63, 3.8) is 0 Å². The highest BCUT2D eigenvalue weighted by Crippen LogP contribution is 2.48. The molecule has 1 aliphatic rings. The van der Waals surface area contributed by atoms with Gasteiger partial charge in [-0.25, -0.2) is 9.55 Å². The van der Waals surface area contributed by atoms with Crippen molar-refractivity contribution in [3.05, 3.63) is 35.6 Å². The third-order valence-electron chi connectivity index (χ3n) is 5.45. The van der Waals surface area contributed by atoms with Crippen molar-refractivity contribution < 1.29 is 28.3 Å². The van der Waals surface area contributed by atoms with Gasteiger partial charge in [0.1, 0.15) is 11.8 Å². The van der Waals surface area contributed by atoms with Gasteiger partial charge >= 0.3 is 13.7 Å². The molecule has 182 valence electrons. The van der Waals surface area contributed by atoms with Crippen molar-refractivity contribution in [3.8, 4) is 11.6 Å². The van der Waals surface area contributed by atoms with Crippen LogP contribution in [0.5, 0.6) is 11.6 Å². The second kappa shape index (κ2) is 9.75. The van der Waals surface area contributed by atoms with E-state index in [1.165, 1.54) is 26.2 Å². The van der Waals surface area contributed by atoms with Gasteiger partial charge in [-0.2, -0.15) is 15.1 Å². The number of anilines is 1. The van der Waals surface area contributed by atoms with Crippen molar-refractivity contribution in [2.45, 2.75) is 31.8 Å². The van der Waals surface area contributed by atoms with Gasteiger partial charge in [0.15, 0.2) is 11.2 Å². The highest BCUT2D eigenvalue weighted by Gasteiger charge is 2.37. The summed E-state index contributed by atoms with van der Waals surface area (Å²) in [6.07, 6.45) is 3.06. The topological polar surface area (TPSA) is 164 Å². The zero-order valence-electron chi connectivity index (χ0n) is 18.4. The third kappa shape index (κ3) is 5.25. The van der Waals surface area contributed by atoms with Crippen molar-refractivity contribution in [2.75, 3.05) is 19.5 Å². The summed E-state index contributed by atoms with van der Waals surface area (Å²) >= 11 is 5.88. The van der Waals surface area contributed by atoms with Crippen LogP contribution in [0.15, 0.2) is 30.6 Å². The molecule has 1 aromatic carbocycles. The van der Waals surface area contributed by atoms with Gasteiger partial charge < -0.3 is 24.7 Å². The molecule has 12 nitrogen and oxygen atoms in total. The van der Waals surface area contributed by atoms with E-state index in [4.69, 9.17) is 31.1 Å². The van der Waals surface area contributed by atoms with E-state index in [2.05, 4.69) is 20.0 Å². The lowest BCUT2D eigenvalue weighted by Crippen LogP contribution is -2.35. The number of aliphatic carboxylic acids is 1. The van der Waals surface area contributed by atoms with Crippen LogP contribution in [-0.2, 0) is 13.9 Å². The van der Waals surface area contributed by atoms with Crippen LogP contribution in [0.25, 0.3) is 11.2 Å². The maximum Gasteiger partial charge on any atom is 0.459 e. The number of halogens is 1. The van der Waals surface area contributed by atoms with Crippen LogP contribution in [0.3, 0.4) is 0 Å². The normalized spacial score (nSPS) is 20.3. The van der Waals surface area contributed by atoms with E-state index in [0.717, 1.165) is 0 Å². The van der Waals surface area contributed by atoms with Gasteiger partial charge in [0.2, 0.25) is 11.8 Å². The van der Waals surface area contributed by atoms with E-state index in [0.29, 0.717) is 34.9 Å². The number of hydrogen-bond acceptors (Lipinski definition) is 9. The van der Waals surface area contributed by atoms with Crippen LogP contribution >= 0.6 is 19.3 Å². The minimum absolute atomic E-state index is 0.0626. The molecule has 3 aromatic rings. The number of nitrogens with one attached hydrogen (secondary N) is 1. The maximum absolute atomic E-state index is 13.3. The number of rotatable bonds is 10. The number of methoxy groups -OCH3 is 1. The van der Waals surface area contributed by atoms with E-state index >= 15 is 0 Å². The average Bonchev–Trinajstić information content (AvgIpc) is 3.17. The number of nitrogens with two attached hydrogens (primary N) is 1. The van der Waals surface area contributed by atoms with Crippen LogP contribution in [0.1, 0.15) is 25.8 Å². The number of aromatic nitrogens is 4. The quantitative estimate of drug-likeness (QED) is 0.343. The molecule has 2 aromatic heterocycles. The molecule has 1 aliphatic carbocycles. The van der Waals surface area contributed by atoms with Crippen LogP contribution in [0.4, 0.5) is 5.95 Å². The van der Waals surface area contributed by atoms with Crippen molar-refractivity contribution >= 4 is 42.4 Å². The molecular weight excluding hydrogens is 487 g/mol. The first-order chi connectivity index (χ1) is 16.2. The fraction of sp³-hybridized carbons (Fsp3) is 0.400. The van der Waals surface area contributed by atoms with Gasteiger partial charge in [0, 0.05) is 11.1 Å². The summed E-state index contributed by atoms with van der Waals surface area (Å²) in [6.45, 7) is 1.46. The molecule has 0 amide bonds. The molecule has 4 rings (SSSR count). The lowest BCUT2D eigenvalue weighted by Gasteiger charge is -2.36. The van der Waals surface area contributed by atoms with E-state index < -0.39 is 19.8 Å². The van der Waals surface area contributed by atoms with Gasteiger partial charge in [-0.3, -0.25) is 9.32 Å². The fourth-order valence-corrected chi connectivity index (χ4v) is 5.30. The second-order valence-corrected chi connectivity index (χ2v) is 10.1. The first-order valence-corrected chi connectivity index (χ1v) is 12.3. The Hall–Kier alpha value is -2.92. The minimum Gasteiger partial charge on any atom is -0.480 e. The molecule has 2 unspecified atom stereocenters. The van der Waals surface area contributed by atoms with E-state index in [1.807, 2.05) is 4.57 Å². The molecule has 14 heteroatoms. The fourth-order valence-electron chi connectivity index (χ4n) is 3.60. The molecule has 0 spiro atoms. The summed E-state index contributed by atoms with van der Waals surface area (Å²) in [4.78, 5) is 23.9. The Morgan fingerprint density at radius 2 is 2.06 bits per heavy atom. The molecule has 1 saturated carbocycles. The first kappa shape index (κ1) is 24.2. The molecule has 4 N–H and O–H groups in total. The lowest BCUT2D eigenvalue weighted by atomic mass is 9.81. The molecule has 2 heterocycles. The predicted octanol–water partition coefficient (Wildman–Crippen LogP) is 3.29. The van der Waals surface area contributed by atoms with Gasteiger partial charge in [-0.1, -0.05) is 11.6 Å². The largest absolute Gasteiger partial charge is 0.480 e. The zero-order chi connectivity index (χ0) is 24.5. The molecule has 1 fully saturated rings. The monoisotopic (exact) mass is 510 g/mol. The average molecular weight is 511 g/mol. The van der Waals surface area contributed by atoms with Gasteiger partial charge in [0.25, 0.3) is 0 Å². The summed E-state index contributed by atoms with van der Waals surface area (Å²) in [7, 11) is -2.50. The van der Waals surface area contributed by atoms with Gasteiger partial charge in [-0.15, -0.1) is 0 Å². The van der Waals surface area contributed by atoms with E-state index in [9.17, 15) is 14.5 Å². The molecule has 2 atom stereocenters. The molecule has 0 saturated heterocycles. The molecule has 34 heavy (non-hydrogen) atoms. The number of nitrogens with zero attached hydrogens (tertiary/aromatic N) is 4. The molecule has 0 aliphatic heterocycles. The van der Waals surface area contributed by atoms with Crippen LogP contribution in [0.2, 0.25) is 5.02 Å². The van der Waals surface area contributed by atoms with Crippen LogP contribution < -0.4 is 20.1 Å². The lowest BCUT2D eigenvalue weighted by molar-refractivity contribution is -0.138. The number of hydrogen-bond donors (Lipinski definition) is 3. The highest BCUT2D eigenvalue weighted by atomic mass is 35.5. The number of ether oxygens (including phenoxy) is 1. The van der Waals surface area contributed by atoms with Crippen LogP contribution in [-0.4, -0.2) is 50.4 Å². The van der Waals surface area contributed by atoms with Gasteiger partial charge in [-0.05, 0) is 49.9 Å². The zero-order valence-corrected chi connectivity index (χ0v) is 20.1. The summed E-state index contributed by atoms with van der Waals surface area (Å²) in [5.74, 6) is -0.493. The Labute approximate surface area is 200 Å². The highest BCUT2D eigenvalue weighted by molar-refractivity contribution is 7.52. The molecule has 0 bridgehead atoms. The number of carbonyl (C=O) groups is 1. The number of carboxylic acid groups (broad SMARTS) is 1. The number of fused-ring (bicyclic) bond motifs is 1. The number of carboxylic acids is 1. The SMILES string of the molecule is COc1nc(N)nc2c1ncn2C1CC(COP(=O)(NC(C)C(=O)O)Oc2ccc(Cl)cc2)C1. The smallest absolute Gasteiger partial charge is 0.459 e. The first-order valence-electron chi connectivity index (χ1n) is 10.4. The standard InChI is InChI=1S/C20H24ClN6O6P/c1-11(19(28)29)26-34(30,33-15-5-3-13(21)4-6-15)32-9-12-7-14(8-12)27-10-23-16-17(27)24-20(22)25-18(16)31-2/h3-6,10-12,14H,7-9H2,1-2H3,(H,26,30)(H,28,29)(H2,22,24,25). The summed E-state index contributed by atoms with van der Waals surface area (Å²) < 4.78 is 31.6. The Morgan fingerprint density at radius 1 is 1.35 bits per heavy atom. The minimum atomic E-state index is -3.98. The van der Waals surface area contributed by atoms with Crippen molar-refractivity contribution in [1.29, 1.82) is 0 Å². The Bertz CT molecular complexity index is 1230. The van der Waals surface area contributed by atoms with Crippen molar-refractivity contribution in [1.82, 2.24) is 24.6 Å². The third-order valence-corrected chi connectivity index (χ3v) is 7.34. The van der Waals surface area contributed by atoms with Crippen LogP contribution in [0, 0.1) is 5.92 Å². The molecular formula is C20H24ClN6O6P. The van der Waals surface area contributed by atoms with Crippen molar-refractivity contribution in [2.24, 2.45) is 5.92 Å². The number of benzene rings is 1. The summed E-state index contributed by atoms with van der Waals surface area (Å²) in [5, 5.41) is 12.2. The summed E-state index contributed by atoms with van der Waals surface area (Å²) in [5.41, 5.74) is 6.87. The number of imidazole rings is 1. The second-order valence-electron chi connectivity index (χ2n) is 7.93. The Balaban J connectivity index is 1.41. The van der Waals surface area contributed by atoms with Gasteiger partial charge in [0.05, 0.1) is 20.0 Å². The summed E-state index contributed by atoms with van der Waals surface area (Å²) in [6, 6.07) is 5.12.